The molecule has 0 amide bonds. The number of hydrogen-bond donors (Lipinski definition) is 0. The van der Waals surface area contributed by atoms with Crippen LogP contribution in [0.2, 0.25) is 0 Å². The number of fused-ring (bicyclic) bond motifs is 1. The van der Waals surface area contributed by atoms with Crippen LogP contribution in [-0.2, 0) is 6.42 Å². The van der Waals surface area contributed by atoms with Gasteiger partial charge in [0.2, 0.25) is 0 Å². The minimum atomic E-state index is 0.592. The van der Waals surface area contributed by atoms with Gasteiger partial charge in [-0.3, -0.25) is 0 Å². The summed E-state index contributed by atoms with van der Waals surface area (Å²) in [4.78, 5) is 0. The highest BCUT2D eigenvalue weighted by atomic mass is 32.1. The minimum Gasteiger partial charge on any atom is -0.196 e. The van der Waals surface area contributed by atoms with Crippen molar-refractivity contribution < 1.29 is 0 Å². The summed E-state index contributed by atoms with van der Waals surface area (Å²) in [5.41, 5.74) is 3.92. The summed E-state index contributed by atoms with van der Waals surface area (Å²) < 4.78 is 5.86. The first-order chi connectivity index (χ1) is 9.24. The molecule has 0 bridgehead atoms. The zero-order valence-electron chi connectivity index (χ0n) is 11.3. The van der Waals surface area contributed by atoms with Crippen LogP contribution in [0, 0.1) is 0 Å². The molecule has 0 aliphatic heterocycles. The Balaban J connectivity index is 1.88. The predicted molar refractivity (Wildman–Crippen MR) is 83.0 cm³/mol. The van der Waals surface area contributed by atoms with Gasteiger partial charge in [0, 0.05) is 11.8 Å². The first kappa shape index (κ1) is 12.4. The topological polar surface area (TPSA) is 12.9 Å². The lowest BCUT2D eigenvalue weighted by Gasteiger charge is -2.06. The van der Waals surface area contributed by atoms with Crippen LogP contribution in [0.4, 0.5) is 0 Å². The van der Waals surface area contributed by atoms with Crippen LogP contribution >= 0.6 is 11.5 Å². The second-order valence-corrected chi connectivity index (χ2v) is 6.00. The molecule has 0 radical (unpaired) electrons. The van der Waals surface area contributed by atoms with E-state index < -0.39 is 0 Å². The van der Waals surface area contributed by atoms with Crippen molar-refractivity contribution in [3.63, 3.8) is 0 Å². The van der Waals surface area contributed by atoms with Crippen LogP contribution in [0.15, 0.2) is 48.5 Å². The maximum absolute atomic E-state index is 4.59. The quantitative estimate of drug-likeness (QED) is 0.650. The standard InChI is InChI=1S/C17H17NS/c1-12(2)14-9-7-13(8-10-14)11-16-15-5-3-4-6-17(15)19-18-16/h3-10,12H,11H2,1-2H3. The van der Waals surface area contributed by atoms with Crippen molar-refractivity contribution in [3.8, 4) is 0 Å². The summed E-state index contributed by atoms with van der Waals surface area (Å²) in [5.74, 6) is 0.592. The van der Waals surface area contributed by atoms with Gasteiger partial charge in [-0.2, -0.15) is 4.37 Å². The van der Waals surface area contributed by atoms with E-state index in [9.17, 15) is 0 Å². The zero-order valence-corrected chi connectivity index (χ0v) is 12.1. The molecule has 1 heterocycles. The fourth-order valence-electron chi connectivity index (χ4n) is 2.28. The average molecular weight is 267 g/mol. The van der Waals surface area contributed by atoms with Crippen LogP contribution in [0.1, 0.15) is 36.6 Å². The van der Waals surface area contributed by atoms with Crippen molar-refractivity contribution in [3.05, 3.63) is 65.4 Å². The molecule has 3 rings (SSSR count). The Morgan fingerprint density at radius 3 is 2.47 bits per heavy atom. The molecule has 0 saturated heterocycles. The van der Waals surface area contributed by atoms with Gasteiger partial charge in [0.1, 0.15) is 0 Å². The summed E-state index contributed by atoms with van der Waals surface area (Å²) in [5, 5.41) is 1.29. The Kier molecular flexibility index (Phi) is 3.34. The third-order valence-corrected chi connectivity index (χ3v) is 4.33. The number of benzene rings is 2. The van der Waals surface area contributed by atoms with Crippen molar-refractivity contribution >= 4 is 21.6 Å². The molecule has 0 N–H and O–H groups in total. The smallest absolute Gasteiger partial charge is 0.0664 e. The number of hydrogen-bond acceptors (Lipinski definition) is 2. The van der Waals surface area contributed by atoms with Gasteiger partial charge in [0.15, 0.2) is 0 Å². The lowest BCUT2D eigenvalue weighted by Crippen LogP contribution is -1.91. The van der Waals surface area contributed by atoms with E-state index in [0.29, 0.717) is 5.92 Å². The Labute approximate surface area is 118 Å². The highest BCUT2D eigenvalue weighted by Crippen LogP contribution is 2.24. The Bertz CT molecular complexity index is 680. The lowest BCUT2D eigenvalue weighted by atomic mass is 10.00. The van der Waals surface area contributed by atoms with Gasteiger partial charge in [-0.15, -0.1) is 0 Å². The van der Waals surface area contributed by atoms with Gasteiger partial charge >= 0.3 is 0 Å². The van der Waals surface area contributed by atoms with Gasteiger partial charge in [-0.1, -0.05) is 56.3 Å². The van der Waals surface area contributed by atoms with E-state index in [1.54, 1.807) is 11.5 Å². The van der Waals surface area contributed by atoms with E-state index in [-0.39, 0.29) is 0 Å². The van der Waals surface area contributed by atoms with Gasteiger partial charge < -0.3 is 0 Å². The molecule has 0 fully saturated rings. The molecule has 19 heavy (non-hydrogen) atoms. The molecule has 0 spiro atoms. The number of nitrogens with zero attached hydrogens (tertiary/aromatic N) is 1. The normalized spacial score (nSPS) is 11.3. The molecule has 0 unspecified atom stereocenters. The lowest BCUT2D eigenvalue weighted by molar-refractivity contribution is 0.865. The van der Waals surface area contributed by atoms with Crippen molar-refractivity contribution in [2.24, 2.45) is 0 Å². The van der Waals surface area contributed by atoms with Gasteiger partial charge in [0.05, 0.1) is 10.4 Å². The van der Waals surface area contributed by atoms with Crippen LogP contribution < -0.4 is 0 Å². The van der Waals surface area contributed by atoms with Crippen molar-refractivity contribution in [2.45, 2.75) is 26.2 Å². The van der Waals surface area contributed by atoms with Gasteiger partial charge in [0.25, 0.3) is 0 Å². The summed E-state index contributed by atoms with van der Waals surface area (Å²) in [6.45, 7) is 4.45. The Morgan fingerprint density at radius 1 is 1.00 bits per heavy atom. The maximum Gasteiger partial charge on any atom is 0.0664 e. The average Bonchev–Trinajstić information content (AvgIpc) is 2.83. The minimum absolute atomic E-state index is 0.592. The summed E-state index contributed by atoms with van der Waals surface area (Å²) in [6, 6.07) is 17.4. The van der Waals surface area contributed by atoms with E-state index in [1.165, 1.54) is 26.9 Å². The fraction of sp³-hybridized carbons (Fsp3) is 0.235. The van der Waals surface area contributed by atoms with E-state index in [1.807, 2.05) is 0 Å². The molecule has 1 aromatic heterocycles. The van der Waals surface area contributed by atoms with Gasteiger partial charge in [-0.25, -0.2) is 0 Å². The van der Waals surface area contributed by atoms with Gasteiger partial charge in [-0.05, 0) is 34.6 Å². The Morgan fingerprint density at radius 2 is 1.74 bits per heavy atom. The SMILES string of the molecule is CC(C)c1ccc(Cc2nsc3ccccc23)cc1. The van der Waals surface area contributed by atoms with Crippen molar-refractivity contribution in [1.29, 1.82) is 0 Å². The second kappa shape index (κ2) is 5.14. The molecule has 1 nitrogen and oxygen atoms in total. The molecule has 96 valence electrons. The number of rotatable bonds is 3. The molecule has 0 atom stereocenters. The third kappa shape index (κ3) is 2.54. The van der Waals surface area contributed by atoms with Crippen LogP contribution in [0.3, 0.4) is 0 Å². The first-order valence-corrected chi connectivity index (χ1v) is 7.43. The Hall–Kier alpha value is -1.67. The van der Waals surface area contributed by atoms with E-state index in [0.717, 1.165) is 6.42 Å². The van der Waals surface area contributed by atoms with Crippen LogP contribution in [-0.4, -0.2) is 4.37 Å². The number of aromatic nitrogens is 1. The largest absolute Gasteiger partial charge is 0.196 e. The second-order valence-electron chi connectivity index (χ2n) is 5.20. The molecule has 3 aromatic rings. The van der Waals surface area contributed by atoms with Crippen molar-refractivity contribution in [1.82, 2.24) is 4.37 Å². The summed E-state index contributed by atoms with van der Waals surface area (Å²) in [6.07, 6.45) is 0.919. The summed E-state index contributed by atoms with van der Waals surface area (Å²) >= 11 is 1.59. The molecule has 2 heteroatoms. The van der Waals surface area contributed by atoms with E-state index in [4.69, 9.17) is 0 Å². The predicted octanol–water partition coefficient (Wildman–Crippen LogP) is 5.01. The molecule has 2 aromatic carbocycles. The first-order valence-electron chi connectivity index (χ1n) is 6.66. The molecular formula is C17H17NS. The van der Waals surface area contributed by atoms with Crippen molar-refractivity contribution in [2.75, 3.05) is 0 Å². The third-order valence-electron chi connectivity index (χ3n) is 3.47. The molecule has 0 aliphatic carbocycles. The van der Waals surface area contributed by atoms with Crippen LogP contribution in [0.5, 0.6) is 0 Å². The highest BCUT2D eigenvalue weighted by Gasteiger charge is 2.06. The van der Waals surface area contributed by atoms with E-state index in [2.05, 4.69) is 66.8 Å². The molecule has 0 aliphatic rings. The summed E-state index contributed by atoms with van der Waals surface area (Å²) in [7, 11) is 0. The molecular weight excluding hydrogens is 250 g/mol. The van der Waals surface area contributed by atoms with Crippen LogP contribution in [0.25, 0.3) is 10.1 Å². The zero-order chi connectivity index (χ0) is 13.2. The fourth-order valence-corrected chi connectivity index (χ4v) is 3.07. The monoisotopic (exact) mass is 267 g/mol. The van der Waals surface area contributed by atoms with E-state index >= 15 is 0 Å². The highest BCUT2D eigenvalue weighted by molar-refractivity contribution is 7.13. The maximum atomic E-state index is 4.59. The molecule has 0 saturated carbocycles.